The van der Waals surface area contributed by atoms with Gasteiger partial charge in [-0.25, -0.2) is 9.97 Å². The first-order valence-electron chi connectivity index (χ1n) is 6.19. The predicted molar refractivity (Wildman–Crippen MR) is 76.2 cm³/mol. The van der Waals surface area contributed by atoms with Crippen LogP contribution in [0.15, 0.2) is 6.33 Å². The maximum absolute atomic E-state index is 10.2. The summed E-state index contributed by atoms with van der Waals surface area (Å²) in [5.74, 6) is 0.990. The Bertz CT molecular complexity index is 620. The van der Waals surface area contributed by atoms with E-state index in [0.717, 1.165) is 0 Å². The van der Waals surface area contributed by atoms with Crippen molar-refractivity contribution in [3.63, 3.8) is 0 Å². The molecule has 0 aliphatic carbocycles. The normalized spacial score (nSPS) is 30.1. The fourth-order valence-electron chi connectivity index (χ4n) is 2.53. The standard InChI is InChI=1S/C11H16N6O2S/c1-20-2-4-9(18)10(19)7(15-4)6-5-8(17-16-6)11(12)14-3-13-5/h3-4,7,9-10,15,18-19H,2H2,1H3,(H,16,17)(H2,12,13,14)/t4-,7+,9+,10?/m1/s1. The quantitative estimate of drug-likeness (QED) is 0.489. The zero-order valence-electron chi connectivity index (χ0n) is 10.8. The molecule has 4 atom stereocenters. The lowest BCUT2D eigenvalue weighted by molar-refractivity contribution is 0.0303. The summed E-state index contributed by atoms with van der Waals surface area (Å²) in [5, 5.41) is 30.4. The maximum atomic E-state index is 10.2. The molecule has 0 saturated carbocycles. The van der Waals surface area contributed by atoms with Crippen molar-refractivity contribution in [2.24, 2.45) is 0 Å². The number of aromatic amines is 1. The van der Waals surface area contributed by atoms with Gasteiger partial charge in [0.25, 0.3) is 0 Å². The third kappa shape index (κ3) is 2.03. The topological polar surface area (TPSA) is 133 Å². The molecule has 9 heteroatoms. The van der Waals surface area contributed by atoms with Gasteiger partial charge in [0.1, 0.15) is 17.9 Å². The molecule has 1 aliphatic heterocycles. The highest BCUT2D eigenvalue weighted by Crippen LogP contribution is 2.31. The number of nitrogens with two attached hydrogens (primary N) is 1. The van der Waals surface area contributed by atoms with Crippen LogP contribution >= 0.6 is 11.8 Å². The van der Waals surface area contributed by atoms with Crippen LogP contribution in [0.3, 0.4) is 0 Å². The van der Waals surface area contributed by atoms with Crippen LogP contribution in [-0.2, 0) is 0 Å². The second-order valence-corrected chi connectivity index (χ2v) is 5.69. The smallest absolute Gasteiger partial charge is 0.155 e. The Morgan fingerprint density at radius 2 is 2.10 bits per heavy atom. The predicted octanol–water partition coefficient (Wildman–Crippen LogP) is -0.967. The van der Waals surface area contributed by atoms with E-state index in [0.29, 0.717) is 22.5 Å². The minimum absolute atomic E-state index is 0.178. The molecule has 108 valence electrons. The van der Waals surface area contributed by atoms with Gasteiger partial charge < -0.3 is 21.3 Å². The van der Waals surface area contributed by atoms with Crippen LogP contribution in [0.25, 0.3) is 11.0 Å². The van der Waals surface area contributed by atoms with Crippen molar-refractivity contribution >= 4 is 28.6 Å². The van der Waals surface area contributed by atoms with Crippen molar-refractivity contribution in [1.82, 2.24) is 25.5 Å². The molecule has 20 heavy (non-hydrogen) atoms. The molecule has 1 unspecified atom stereocenters. The van der Waals surface area contributed by atoms with Crippen molar-refractivity contribution in [2.75, 3.05) is 17.7 Å². The number of nitrogens with zero attached hydrogens (tertiary/aromatic N) is 3. The van der Waals surface area contributed by atoms with Crippen molar-refractivity contribution in [1.29, 1.82) is 0 Å². The van der Waals surface area contributed by atoms with Gasteiger partial charge in [-0.2, -0.15) is 16.9 Å². The summed E-state index contributed by atoms with van der Waals surface area (Å²) in [5.41, 5.74) is 7.38. The van der Waals surface area contributed by atoms with Gasteiger partial charge in [-0.1, -0.05) is 0 Å². The molecule has 8 nitrogen and oxygen atoms in total. The van der Waals surface area contributed by atoms with Gasteiger partial charge in [0.05, 0.1) is 17.8 Å². The highest BCUT2D eigenvalue weighted by molar-refractivity contribution is 7.98. The van der Waals surface area contributed by atoms with E-state index in [1.807, 2.05) is 6.26 Å². The number of aliphatic hydroxyl groups is 2. The van der Waals surface area contributed by atoms with E-state index in [9.17, 15) is 10.2 Å². The molecule has 6 N–H and O–H groups in total. The van der Waals surface area contributed by atoms with E-state index < -0.39 is 18.2 Å². The lowest BCUT2D eigenvalue weighted by Gasteiger charge is -2.14. The Morgan fingerprint density at radius 3 is 2.85 bits per heavy atom. The van der Waals surface area contributed by atoms with Crippen LogP contribution in [-0.4, -0.2) is 60.6 Å². The van der Waals surface area contributed by atoms with Crippen molar-refractivity contribution in [2.45, 2.75) is 24.3 Å². The lowest BCUT2D eigenvalue weighted by Crippen LogP contribution is -2.34. The van der Waals surface area contributed by atoms with Gasteiger partial charge in [0.2, 0.25) is 0 Å². The van der Waals surface area contributed by atoms with Gasteiger partial charge in [0, 0.05) is 11.8 Å². The number of hydrogen-bond donors (Lipinski definition) is 5. The highest BCUT2D eigenvalue weighted by Gasteiger charge is 2.43. The van der Waals surface area contributed by atoms with Gasteiger partial charge >= 0.3 is 0 Å². The molecule has 0 aromatic carbocycles. The Hall–Kier alpha value is -1.42. The minimum atomic E-state index is -0.924. The Balaban J connectivity index is 1.97. The second kappa shape index (κ2) is 5.17. The molecule has 2 aromatic rings. The Labute approximate surface area is 119 Å². The number of thioether (sulfide) groups is 1. The number of aromatic nitrogens is 4. The molecular weight excluding hydrogens is 280 g/mol. The van der Waals surface area contributed by atoms with E-state index >= 15 is 0 Å². The van der Waals surface area contributed by atoms with Gasteiger partial charge in [0.15, 0.2) is 11.3 Å². The van der Waals surface area contributed by atoms with Crippen LogP contribution in [0.5, 0.6) is 0 Å². The number of rotatable bonds is 3. The molecule has 3 rings (SSSR count). The minimum Gasteiger partial charge on any atom is -0.389 e. The van der Waals surface area contributed by atoms with Crippen LogP contribution < -0.4 is 11.1 Å². The molecule has 2 aromatic heterocycles. The number of hydrogen-bond acceptors (Lipinski definition) is 8. The molecular formula is C11H16N6O2S. The van der Waals surface area contributed by atoms with Gasteiger partial charge in [-0.05, 0) is 6.26 Å². The van der Waals surface area contributed by atoms with E-state index in [1.165, 1.54) is 6.33 Å². The lowest BCUT2D eigenvalue weighted by atomic mass is 10.1. The van der Waals surface area contributed by atoms with Gasteiger partial charge in [-0.15, -0.1) is 0 Å². The van der Waals surface area contributed by atoms with E-state index in [2.05, 4.69) is 25.5 Å². The van der Waals surface area contributed by atoms with Crippen LogP contribution in [0.1, 0.15) is 11.7 Å². The zero-order valence-corrected chi connectivity index (χ0v) is 11.6. The molecule has 0 amide bonds. The molecule has 0 bridgehead atoms. The molecule has 1 aliphatic rings. The molecule has 3 heterocycles. The van der Waals surface area contributed by atoms with E-state index in [-0.39, 0.29) is 11.9 Å². The summed E-state index contributed by atoms with van der Waals surface area (Å²) in [6.07, 6.45) is 1.55. The largest absolute Gasteiger partial charge is 0.389 e. The average molecular weight is 296 g/mol. The second-order valence-electron chi connectivity index (χ2n) is 4.78. The maximum Gasteiger partial charge on any atom is 0.155 e. The molecule has 1 fully saturated rings. The van der Waals surface area contributed by atoms with Crippen molar-refractivity contribution < 1.29 is 10.2 Å². The fourth-order valence-corrected chi connectivity index (χ4v) is 3.18. The summed E-state index contributed by atoms with van der Waals surface area (Å²) < 4.78 is 0. The number of nitrogen functional groups attached to an aromatic ring is 1. The third-order valence-electron chi connectivity index (χ3n) is 3.55. The highest BCUT2D eigenvalue weighted by atomic mass is 32.2. The average Bonchev–Trinajstić information content (AvgIpc) is 2.97. The third-order valence-corrected chi connectivity index (χ3v) is 4.24. The summed E-state index contributed by atoms with van der Waals surface area (Å²) in [6, 6.07) is -0.635. The van der Waals surface area contributed by atoms with Crippen LogP contribution in [0.4, 0.5) is 5.82 Å². The number of aliphatic hydroxyl groups excluding tert-OH is 2. The number of nitrogens with one attached hydrogen (secondary N) is 2. The first kappa shape index (κ1) is 13.6. The fraction of sp³-hybridized carbons (Fsp3) is 0.545. The van der Waals surface area contributed by atoms with Crippen molar-refractivity contribution in [3.8, 4) is 0 Å². The summed E-state index contributed by atoms with van der Waals surface area (Å²) in [7, 11) is 0. The Kier molecular flexibility index (Phi) is 3.50. The van der Waals surface area contributed by atoms with E-state index in [4.69, 9.17) is 5.73 Å². The summed E-state index contributed by atoms with van der Waals surface area (Å²) in [6.45, 7) is 0. The van der Waals surface area contributed by atoms with Crippen LogP contribution in [0.2, 0.25) is 0 Å². The number of anilines is 1. The van der Waals surface area contributed by atoms with Gasteiger partial charge in [-0.3, -0.25) is 5.10 Å². The summed E-state index contributed by atoms with van der Waals surface area (Å²) >= 11 is 1.60. The SMILES string of the molecule is CSC[C@H]1N[C@@H](c2[nH]nc3c(N)ncnc23)C(O)[C@H]1O. The monoisotopic (exact) mass is 296 g/mol. The summed E-state index contributed by atoms with van der Waals surface area (Å²) in [4.78, 5) is 8.03. The zero-order chi connectivity index (χ0) is 14.3. The molecule has 0 spiro atoms. The van der Waals surface area contributed by atoms with E-state index in [1.54, 1.807) is 11.8 Å². The number of H-pyrrole nitrogens is 1. The van der Waals surface area contributed by atoms with Crippen LogP contribution in [0, 0.1) is 0 Å². The molecule has 0 radical (unpaired) electrons. The van der Waals surface area contributed by atoms with Crippen molar-refractivity contribution in [3.05, 3.63) is 12.0 Å². The number of fused-ring (bicyclic) bond motifs is 1. The first-order valence-corrected chi connectivity index (χ1v) is 7.58. The first-order chi connectivity index (χ1) is 9.63. The Morgan fingerprint density at radius 1 is 1.30 bits per heavy atom. The molecule has 1 saturated heterocycles.